The molecule has 2 fully saturated rings. The summed E-state index contributed by atoms with van der Waals surface area (Å²) < 4.78 is 458. The van der Waals surface area contributed by atoms with Gasteiger partial charge in [-0.2, -0.15) is 0 Å². The molecule has 4 unspecified atom stereocenters. The van der Waals surface area contributed by atoms with Gasteiger partial charge in [0, 0.05) is 0 Å². The Balaban J connectivity index is 0.000000504. The van der Waals surface area contributed by atoms with Crippen molar-refractivity contribution in [3.8, 4) is 0 Å². The summed E-state index contributed by atoms with van der Waals surface area (Å²) >= 11 is -23.4. The van der Waals surface area contributed by atoms with Crippen LogP contribution in [0.15, 0.2) is 182 Å². The topological polar surface area (TPSA) is 0 Å². The fourth-order valence-electron chi connectivity index (χ4n) is 12.0. The predicted octanol–water partition coefficient (Wildman–Crippen LogP) is 26.2. The molecule has 44 heteroatoms. The molecule has 8 rings (SSSR count). The van der Waals surface area contributed by atoms with Gasteiger partial charge in [-0.05, 0) is 0 Å². The van der Waals surface area contributed by atoms with Crippen LogP contribution in [0.25, 0.3) is 0 Å². The molecule has 0 aliphatic carbocycles. The predicted molar refractivity (Wildman–Crippen MR) is 423 cm³/mol. The summed E-state index contributed by atoms with van der Waals surface area (Å²) in [5.41, 5.74) is 1.30. The second-order valence-corrected chi connectivity index (χ2v) is 79.4. The first kappa shape index (κ1) is 117. The van der Waals surface area contributed by atoms with Crippen LogP contribution in [0.4, 0.5) is 162 Å². The number of rotatable bonds is 25. The number of hydrogen-bond donors (Lipinski definition) is 0. The molecule has 6 aromatic carbocycles. The standard InChI is InChI=1S/C18H15F9Te.C15H19F13Te.C14H13F3Te.C9H11F3Te.C9H19F3Te.C8H9F3Te.C6H11F3Te/c19-15(20,16(21,22)17(23,24)18(25,26)27)12-28(14-9-5-2-6-10-14)11-13-7-3-1-4-8-13;1-8(2)6-5-7-9(3,4)29(8)15(27,28)13(22,23)11(18,19)10(16,17)12(20,21)14(24,25)26;15-14(16,17)18(13-9-5-2-6-10-13)11-12-7-3-1-4-8-12;1-2-13(9(10,11)12)8-6-4-3-5-7-8;1-3-5-7-13(8-6-4-2)9(10,11)12;1-12(8(9,10)11)7-5-3-2-4-6-7;7-6(8,9)5-10-3-1-2-4-10/h1-10,28H,11-12H2;29H,5-7H2,1-4H3;1-10,18H,11H2;3-7,13H,2H2,1H3;13H,3-8H2,1-2H3;2-6,12H,1H3;10H,1-5H2. The van der Waals surface area contributed by atoms with Gasteiger partial charge < -0.3 is 0 Å². The number of hydrogen-bond acceptors (Lipinski definition) is 0. The molecule has 0 saturated carbocycles. The third-order valence-electron chi connectivity index (χ3n) is 18.2. The van der Waals surface area contributed by atoms with Crippen molar-refractivity contribution >= 4 is 151 Å². The monoisotopic (exact) mass is 2660 g/mol. The molecule has 0 N–H and O–H groups in total. The third-order valence-corrected chi connectivity index (χ3v) is 68.5. The van der Waals surface area contributed by atoms with Crippen molar-refractivity contribution in [3.63, 3.8) is 0 Å². The van der Waals surface area contributed by atoms with Gasteiger partial charge in [0.2, 0.25) is 0 Å². The van der Waals surface area contributed by atoms with Crippen molar-refractivity contribution in [3.05, 3.63) is 193 Å². The van der Waals surface area contributed by atoms with E-state index in [2.05, 4.69) is 0 Å². The molecule has 0 radical (unpaired) electrons. The van der Waals surface area contributed by atoms with E-state index in [1.165, 1.54) is 29.2 Å². The molecule has 6 aromatic rings. The van der Waals surface area contributed by atoms with Crippen LogP contribution in [-0.2, 0) is 8.94 Å². The zero-order valence-electron chi connectivity index (χ0n) is 66.7. The Labute approximate surface area is 738 Å². The van der Waals surface area contributed by atoms with Crippen LogP contribution in [0.1, 0.15) is 117 Å². The van der Waals surface area contributed by atoms with Crippen molar-refractivity contribution in [2.45, 2.75) is 239 Å². The molecule has 2 aliphatic rings. The molecule has 123 heavy (non-hydrogen) atoms. The van der Waals surface area contributed by atoms with E-state index in [9.17, 15) is 162 Å². The maximum absolute atomic E-state index is 14.8. The van der Waals surface area contributed by atoms with Crippen molar-refractivity contribution < 1.29 is 162 Å². The Kier molecular flexibility index (Phi) is 46.5. The Morgan fingerprint density at radius 2 is 0.650 bits per heavy atom. The fraction of sp³-hybridized carbons (Fsp3) is 0.544. The molecule has 2 aliphatic heterocycles. The van der Waals surface area contributed by atoms with Crippen LogP contribution in [0.5, 0.6) is 0 Å². The molecule has 0 spiro atoms. The molecule has 4 atom stereocenters. The molecular weight excluding hydrogens is 2540 g/mol. The van der Waals surface area contributed by atoms with E-state index >= 15 is 0 Å². The minimum atomic E-state index is -7.82. The van der Waals surface area contributed by atoms with Gasteiger partial charge in [-0.3, -0.25) is 0 Å². The second-order valence-electron chi connectivity index (χ2n) is 28.7. The van der Waals surface area contributed by atoms with Crippen LogP contribution >= 0.6 is 0 Å². The van der Waals surface area contributed by atoms with Crippen LogP contribution in [0.3, 0.4) is 0 Å². The molecule has 0 bridgehead atoms. The molecule has 2 saturated heterocycles. The number of unbranched alkanes of at least 4 members (excludes halogenated alkanes) is 2. The van der Waals surface area contributed by atoms with Gasteiger partial charge in [0.1, 0.15) is 0 Å². The molecule has 0 aromatic heterocycles. The van der Waals surface area contributed by atoms with Gasteiger partial charge >= 0.3 is 746 Å². The van der Waals surface area contributed by atoms with E-state index in [0.717, 1.165) is 80.7 Å². The van der Waals surface area contributed by atoms with Gasteiger partial charge in [-0.1, -0.05) is 0 Å². The van der Waals surface area contributed by atoms with Gasteiger partial charge in [0.15, 0.2) is 0 Å². The third kappa shape index (κ3) is 35.0. The van der Waals surface area contributed by atoms with E-state index in [0.29, 0.717) is 28.9 Å². The number of halogens is 37. The summed E-state index contributed by atoms with van der Waals surface area (Å²) in [4.78, 5) is 1.35. The minimum absolute atomic E-state index is 0.0586. The van der Waals surface area contributed by atoms with Gasteiger partial charge in [-0.25, -0.2) is 0 Å². The zero-order valence-corrected chi connectivity index (χ0v) is 84.5. The fourth-order valence-corrected chi connectivity index (χ4v) is 56.1. The Morgan fingerprint density at radius 1 is 0.333 bits per heavy atom. The second kappa shape index (κ2) is 48.8. The zero-order chi connectivity index (χ0) is 94.9. The van der Waals surface area contributed by atoms with Crippen LogP contribution in [0, 0.1) is 0 Å². The quantitative estimate of drug-likeness (QED) is 0.0396. The molecule has 2 heterocycles. The van der Waals surface area contributed by atoms with Crippen LogP contribution in [0.2, 0.25) is 43.2 Å². The Hall–Kier alpha value is -1.74. The normalized spacial score (nSPS) is 17.6. The van der Waals surface area contributed by atoms with E-state index < -0.39 is 229 Å². The summed E-state index contributed by atoms with van der Waals surface area (Å²) in [6.45, 7) is 9.76. The van der Waals surface area contributed by atoms with Gasteiger partial charge in [0.25, 0.3) is 0 Å². The average molecular weight is 2640 g/mol. The Morgan fingerprint density at radius 3 is 0.967 bits per heavy atom. The summed E-state index contributed by atoms with van der Waals surface area (Å²) in [7, 11) is 0. The number of benzene rings is 6. The van der Waals surface area contributed by atoms with E-state index in [4.69, 9.17) is 0 Å². The van der Waals surface area contributed by atoms with E-state index in [-0.39, 0.29) is 37.1 Å². The summed E-state index contributed by atoms with van der Waals surface area (Å²) in [5, 5.41) is 0. The number of alkyl halides is 37. The summed E-state index contributed by atoms with van der Waals surface area (Å²) in [5.74, 6) is -49.3. The van der Waals surface area contributed by atoms with E-state index in [1.807, 2.05) is 19.9 Å². The van der Waals surface area contributed by atoms with Gasteiger partial charge in [0.05, 0.1) is 0 Å². The Bertz CT molecular complexity index is 3880. The van der Waals surface area contributed by atoms with Crippen LogP contribution < -0.4 is 14.4 Å². The van der Waals surface area contributed by atoms with Crippen LogP contribution in [-0.4, -0.2) is 218 Å². The first-order chi connectivity index (χ1) is 55.9. The van der Waals surface area contributed by atoms with Crippen molar-refractivity contribution in [2.75, 3.05) is 0 Å². The van der Waals surface area contributed by atoms with E-state index in [1.54, 1.807) is 159 Å². The van der Waals surface area contributed by atoms with Crippen molar-refractivity contribution in [1.29, 1.82) is 0 Å². The molecule has 0 nitrogen and oxygen atoms in total. The first-order valence-electron chi connectivity index (χ1n) is 37.0. The average Bonchev–Trinajstić information content (AvgIpc) is 1.27. The molecule has 0 amide bonds. The first-order valence-corrected chi connectivity index (χ1v) is 69.8. The van der Waals surface area contributed by atoms with Crippen molar-refractivity contribution in [2.24, 2.45) is 0 Å². The SMILES string of the molecule is CC1(C)CCCC(C)(C)[TeH]1C(F)(F)C(F)(F)C(F)(F)C(F)(F)C(F)(F)C(F)(F)F.CCCC[TeH](CCCC)C(F)(F)F.CC[TeH](c1ccccc1)C(F)(F)F.C[TeH](c1ccccc1)C(F)(F)F.FC(F)(F)C(F)(F)C(F)(F)C(F)(F)C[TeH](Cc1ccccc1)c1ccccc1.FC(F)(F)C[TeH]1CCCC1.FC(F)(F)[TeH](Cc1ccccc1)c1ccccc1. The maximum atomic E-state index is 14.8. The van der Waals surface area contributed by atoms with Crippen molar-refractivity contribution in [1.82, 2.24) is 0 Å². The summed E-state index contributed by atoms with van der Waals surface area (Å²) in [6, 6.07) is 49.0. The summed E-state index contributed by atoms with van der Waals surface area (Å²) in [6.07, 6.45) is -12.6. The van der Waals surface area contributed by atoms with Gasteiger partial charge in [-0.15, -0.1) is 0 Å². The molecular formula is C79H97F37Te7. The molecule has 714 valence electrons.